The summed E-state index contributed by atoms with van der Waals surface area (Å²) in [5.74, 6) is -0.935. The molecule has 0 spiro atoms. The predicted octanol–water partition coefficient (Wildman–Crippen LogP) is 3.53. The number of hydrogen-bond donors (Lipinski definition) is 0. The summed E-state index contributed by atoms with van der Waals surface area (Å²) in [7, 11) is 0. The lowest BCUT2D eigenvalue weighted by Gasteiger charge is -2.33. The van der Waals surface area contributed by atoms with E-state index in [1.54, 1.807) is 17.0 Å². The van der Waals surface area contributed by atoms with Crippen molar-refractivity contribution in [3.05, 3.63) is 33.9 Å². The van der Waals surface area contributed by atoms with Crippen molar-refractivity contribution in [2.75, 3.05) is 31.1 Å². The average Bonchev–Trinajstić information content (AvgIpc) is 3.01. The zero-order chi connectivity index (χ0) is 20.8. The van der Waals surface area contributed by atoms with Gasteiger partial charge in [-0.1, -0.05) is 12.8 Å². The van der Waals surface area contributed by atoms with Gasteiger partial charge in [-0.05, 0) is 51.2 Å². The Labute approximate surface area is 171 Å². The standard InChI is InChI=1S/C21H29N3O5/c1-16-8-4-7-13-23(16)20(25)15-29-21(26)17-9-10-18(19(14-17)24(27)28)22-11-5-2-3-6-12-22/h9-10,14,16H,2-8,11-13,15H2,1H3/t16-/m1/s1. The Kier molecular flexibility index (Phi) is 7.06. The zero-order valence-electron chi connectivity index (χ0n) is 17.0. The maximum atomic E-state index is 12.4. The quantitative estimate of drug-likeness (QED) is 0.424. The number of nitro groups is 1. The number of ether oxygens (including phenoxy) is 1. The number of esters is 1. The number of benzene rings is 1. The van der Waals surface area contributed by atoms with E-state index in [9.17, 15) is 19.7 Å². The second kappa shape index (κ2) is 9.71. The molecule has 0 unspecified atom stereocenters. The molecule has 0 aliphatic carbocycles. The summed E-state index contributed by atoms with van der Waals surface area (Å²) in [6, 6.07) is 4.57. The third-order valence-electron chi connectivity index (χ3n) is 5.80. The molecule has 0 aromatic heterocycles. The van der Waals surface area contributed by atoms with Crippen molar-refractivity contribution >= 4 is 23.3 Å². The van der Waals surface area contributed by atoms with Crippen LogP contribution in [0.2, 0.25) is 0 Å². The number of anilines is 1. The summed E-state index contributed by atoms with van der Waals surface area (Å²) in [4.78, 5) is 39.6. The van der Waals surface area contributed by atoms with Gasteiger partial charge in [0, 0.05) is 31.7 Å². The zero-order valence-corrected chi connectivity index (χ0v) is 17.0. The maximum absolute atomic E-state index is 12.4. The van der Waals surface area contributed by atoms with Gasteiger partial charge in [-0.2, -0.15) is 0 Å². The molecule has 2 fully saturated rings. The largest absolute Gasteiger partial charge is 0.452 e. The van der Waals surface area contributed by atoms with E-state index in [2.05, 4.69) is 0 Å². The average molecular weight is 403 g/mol. The van der Waals surface area contributed by atoms with Crippen molar-refractivity contribution in [1.29, 1.82) is 0 Å². The van der Waals surface area contributed by atoms with Crippen LogP contribution in [-0.4, -0.2) is 54.0 Å². The number of rotatable bonds is 5. The Balaban J connectivity index is 1.68. The van der Waals surface area contributed by atoms with Crippen molar-refractivity contribution in [2.45, 2.75) is 57.9 Å². The first-order valence-electron chi connectivity index (χ1n) is 10.5. The Morgan fingerprint density at radius 1 is 1.10 bits per heavy atom. The van der Waals surface area contributed by atoms with E-state index in [0.717, 1.165) is 58.0 Å². The molecule has 0 bridgehead atoms. The van der Waals surface area contributed by atoms with Gasteiger partial charge in [0.15, 0.2) is 6.61 Å². The minimum absolute atomic E-state index is 0.0924. The molecule has 3 rings (SSSR count). The van der Waals surface area contributed by atoms with Crippen molar-refractivity contribution in [3.63, 3.8) is 0 Å². The van der Waals surface area contributed by atoms with Crippen LogP contribution in [0.25, 0.3) is 0 Å². The van der Waals surface area contributed by atoms with Crippen LogP contribution in [0.15, 0.2) is 18.2 Å². The van der Waals surface area contributed by atoms with Crippen LogP contribution < -0.4 is 4.90 Å². The monoisotopic (exact) mass is 403 g/mol. The minimum Gasteiger partial charge on any atom is -0.452 e. The fraction of sp³-hybridized carbons (Fsp3) is 0.619. The number of amides is 1. The third kappa shape index (κ3) is 5.25. The van der Waals surface area contributed by atoms with Crippen molar-refractivity contribution in [2.24, 2.45) is 0 Å². The van der Waals surface area contributed by atoms with Gasteiger partial charge in [-0.15, -0.1) is 0 Å². The Morgan fingerprint density at radius 2 is 1.79 bits per heavy atom. The fourth-order valence-electron chi connectivity index (χ4n) is 4.14. The Morgan fingerprint density at radius 3 is 2.45 bits per heavy atom. The van der Waals surface area contributed by atoms with Crippen LogP contribution >= 0.6 is 0 Å². The highest BCUT2D eigenvalue weighted by Crippen LogP contribution is 2.31. The summed E-state index contributed by atoms with van der Waals surface area (Å²) in [5, 5.41) is 11.6. The molecule has 8 heteroatoms. The SMILES string of the molecule is C[C@@H]1CCCCN1C(=O)COC(=O)c1ccc(N2CCCCCC2)c([N+](=O)[O-])c1. The van der Waals surface area contributed by atoms with Crippen LogP contribution in [0.5, 0.6) is 0 Å². The summed E-state index contributed by atoms with van der Waals surface area (Å²) in [5.41, 5.74) is 0.527. The first-order valence-corrected chi connectivity index (χ1v) is 10.5. The highest BCUT2D eigenvalue weighted by atomic mass is 16.6. The molecule has 158 valence electrons. The highest BCUT2D eigenvalue weighted by Gasteiger charge is 2.26. The van der Waals surface area contributed by atoms with Crippen molar-refractivity contribution < 1.29 is 19.2 Å². The molecule has 8 nitrogen and oxygen atoms in total. The molecule has 2 aliphatic rings. The lowest BCUT2D eigenvalue weighted by atomic mass is 10.0. The molecule has 1 aromatic rings. The molecule has 1 aromatic carbocycles. The summed E-state index contributed by atoms with van der Waals surface area (Å²) >= 11 is 0. The van der Waals surface area contributed by atoms with E-state index >= 15 is 0 Å². The van der Waals surface area contributed by atoms with Crippen molar-refractivity contribution in [1.82, 2.24) is 4.90 Å². The second-order valence-corrected chi connectivity index (χ2v) is 7.87. The van der Waals surface area contributed by atoms with Crippen LogP contribution in [0.4, 0.5) is 11.4 Å². The number of nitro benzene ring substituents is 1. The highest BCUT2D eigenvalue weighted by molar-refractivity contribution is 5.93. The number of hydrogen-bond acceptors (Lipinski definition) is 6. The van der Waals surface area contributed by atoms with Gasteiger partial charge >= 0.3 is 5.97 Å². The van der Waals surface area contributed by atoms with Gasteiger partial charge in [-0.25, -0.2) is 4.79 Å². The summed E-state index contributed by atoms with van der Waals surface area (Å²) in [6.45, 7) is 3.86. The molecule has 0 saturated carbocycles. The first-order chi connectivity index (χ1) is 14.0. The van der Waals surface area contributed by atoms with E-state index in [4.69, 9.17) is 4.74 Å². The minimum atomic E-state index is -0.714. The third-order valence-corrected chi connectivity index (χ3v) is 5.80. The van der Waals surface area contributed by atoms with Crippen LogP contribution in [0.3, 0.4) is 0 Å². The van der Waals surface area contributed by atoms with Gasteiger partial charge in [0.2, 0.25) is 0 Å². The van der Waals surface area contributed by atoms with E-state index in [-0.39, 0.29) is 29.8 Å². The number of carbonyl (C=O) groups excluding carboxylic acids is 2. The van der Waals surface area contributed by atoms with Crippen LogP contribution in [-0.2, 0) is 9.53 Å². The van der Waals surface area contributed by atoms with Crippen LogP contribution in [0, 0.1) is 10.1 Å². The number of carbonyl (C=O) groups is 2. The number of nitrogens with zero attached hydrogens (tertiary/aromatic N) is 3. The van der Waals surface area contributed by atoms with E-state index in [1.165, 1.54) is 6.07 Å². The first kappa shape index (κ1) is 21.1. The summed E-state index contributed by atoms with van der Waals surface area (Å²) < 4.78 is 5.17. The Hall–Kier alpha value is -2.64. The van der Waals surface area contributed by atoms with E-state index in [0.29, 0.717) is 12.2 Å². The fourth-order valence-corrected chi connectivity index (χ4v) is 4.14. The Bertz CT molecular complexity index is 759. The van der Waals surface area contributed by atoms with Gasteiger partial charge in [0.05, 0.1) is 10.5 Å². The smallest absolute Gasteiger partial charge is 0.338 e. The van der Waals surface area contributed by atoms with Gasteiger partial charge in [0.25, 0.3) is 11.6 Å². The molecule has 0 radical (unpaired) electrons. The normalized spacial score (nSPS) is 20.1. The molecule has 29 heavy (non-hydrogen) atoms. The molecular weight excluding hydrogens is 374 g/mol. The predicted molar refractivity (Wildman–Crippen MR) is 109 cm³/mol. The van der Waals surface area contributed by atoms with Gasteiger partial charge < -0.3 is 14.5 Å². The summed E-state index contributed by atoms with van der Waals surface area (Å²) in [6.07, 6.45) is 7.24. The lowest BCUT2D eigenvalue weighted by Crippen LogP contribution is -2.44. The molecule has 2 saturated heterocycles. The second-order valence-electron chi connectivity index (χ2n) is 7.87. The number of likely N-dealkylation sites (tertiary alicyclic amines) is 1. The molecule has 2 heterocycles. The number of piperidine rings is 1. The maximum Gasteiger partial charge on any atom is 0.338 e. The van der Waals surface area contributed by atoms with Crippen molar-refractivity contribution in [3.8, 4) is 0 Å². The lowest BCUT2D eigenvalue weighted by molar-refractivity contribution is -0.384. The van der Waals surface area contributed by atoms with Crippen LogP contribution in [0.1, 0.15) is 62.2 Å². The molecule has 2 aliphatic heterocycles. The topological polar surface area (TPSA) is 93.0 Å². The van der Waals surface area contributed by atoms with E-state index in [1.807, 2.05) is 11.8 Å². The van der Waals surface area contributed by atoms with Gasteiger partial charge in [-0.3, -0.25) is 14.9 Å². The molecular formula is C21H29N3O5. The van der Waals surface area contributed by atoms with Gasteiger partial charge in [0.1, 0.15) is 5.69 Å². The molecule has 0 N–H and O–H groups in total. The molecule has 1 atom stereocenters. The van der Waals surface area contributed by atoms with E-state index < -0.39 is 10.9 Å². The molecule has 1 amide bonds.